The van der Waals surface area contributed by atoms with Gasteiger partial charge in [-0.05, 0) is 25.0 Å². The molecule has 1 aliphatic rings. The molecule has 3 rings (SSSR count). The van der Waals surface area contributed by atoms with E-state index in [-0.39, 0.29) is 11.7 Å². The fourth-order valence-corrected chi connectivity index (χ4v) is 3.02. The standard InChI is InChI=1S/C15H15F3N4O2/c16-15(17,18)11-3-4-13(14(8-11)22(23)24)20-6-1-2-12(9-20)21-7-5-19-10-21/h3-5,7-8,10,12H,1-2,6,9H2/t12-/m0/s1. The fourth-order valence-electron chi connectivity index (χ4n) is 3.02. The smallest absolute Gasteiger partial charge is 0.364 e. The Kier molecular flexibility index (Phi) is 4.16. The minimum absolute atomic E-state index is 0.0862. The summed E-state index contributed by atoms with van der Waals surface area (Å²) < 4.78 is 40.3. The number of imidazole rings is 1. The van der Waals surface area contributed by atoms with E-state index in [9.17, 15) is 23.3 Å². The molecule has 1 atom stereocenters. The van der Waals surface area contributed by atoms with Crippen LogP contribution >= 0.6 is 0 Å². The zero-order chi connectivity index (χ0) is 17.3. The minimum Gasteiger partial charge on any atom is -0.364 e. The summed E-state index contributed by atoms with van der Waals surface area (Å²) in [6.07, 6.45) is 2.22. The molecule has 1 aromatic carbocycles. The zero-order valence-corrected chi connectivity index (χ0v) is 12.6. The number of hydrogen-bond donors (Lipinski definition) is 0. The van der Waals surface area contributed by atoms with Gasteiger partial charge in [-0.2, -0.15) is 13.2 Å². The molecular formula is C15H15F3N4O2. The average Bonchev–Trinajstić information content (AvgIpc) is 3.08. The molecule has 0 aliphatic carbocycles. The molecule has 1 aromatic heterocycles. The second kappa shape index (κ2) is 6.14. The van der Waals surface area contributed by atoms with Gasteiger partial charge in [0.25, 0.3) is 5.69 Å². The van der Waals surface area contributed by atoms with E-state index in [1.807, 2.05) is 10.8 Å². The molecular weight excluding hydrogens is 325 g/mol. The summed E-state index contributed by atoms with van der Waals surface area (Å²) >= 11 is 0. The number of halogens is 3. The van der Waals surface area contributed by atoms with Crippen LogP contribution < -0.4 is 4.90 Å². The summed E-state index contributed by atoms with van der Waals surface area (Å²) in [6, 6.07) is 2.78. The molecule has 0 radical (unpaired) electrons. The minimum atomic E-state index is -4.61. The Labute approximate surface area is 135 Å². The van der Waals surface area contributed by atoms with Crippen LogP contribution in [-0.4, -0.2) is 27.6 Å². The summed E-state index contributed by atoms with van der Waals surface area (Å²) in [5.74, 6) is 0. The Morgan fingerprint density at radius 1 is 1.33 bits per heavy atom. The molecule has 0 bridgehead atoms. The topological polar surface area (TPSA) is 64.2 Å². The number of piperidine rings is 1. The van der Waals surface area contributed by atoms with E-state index in [1.165, 1.54) is 6.07 Å². The second-order valence-corrected chi connectivity index (χ2v) is 5.71. The Bertz CT molecular complexity index is 731. The van der Waals surface area contributed by atoms with Gasteiger partial charge in [0.05, 0.1) is 22.9 Å². The maximum Gasteiger partial charge on any atom is 0.416 e. The van der Waals surface area contributed by atoms with Crippen LogP contribution in [0.25, 0.3) is 0 Å². The zero-order valence-electron chi connectivity index (χ0n) is 12.6. The first-order valence-corrected chi connectivity index (χ1v) is 7.44. The Hall–Kier alpha value is -2.58. The molecule has 9 heteroatoms. The van der Waals surface area contributed by atoms with Crippen molar-refractivity contribution in [2.45, 2.75) is 25.1 Å². The molecule has 0 spiro atoms. The van der Waals surface area contributed by atoms with Gasteiger partial charge in [-0.1, -0.05) is 0 Å². The van der Waals surface area contributed by atoms with Gasteiger partial charge in [0.1, 0.15) is 5.69 Å². The monoisotopic (exact) mass is 340 g/mol. The van der Waals surface area contributed by atoms with Crippen LogP contribution in [0, 0.1) is 10.1 Å². The van der Waals surface area contributed by atoms with Crippen LogP contribution in [0.5, 0.6) is 0 Å². The van der Waals surface area contributed by atoms with Gasteiger partial charge in [-0.25, -0.2) is 4.98 Å². The first-order valence-electron chi connectivity index (χ1n) is 7.44. The second-order valence-electron chi connectivity index (χ2n) is 5.71. The number of aromatic nitrogens is 2. The number of alkyl halides is 3. The number of benzene rings is 1. The highest BCUT2D eigenvalue weighted by Crippen LogP contribution is 2.38. The molecule has 0 unspecified atom stereocenters. The highest BCUT2D eigenvalue weighted by Gasteiger charge is 2.34. The molecule has 2 aromatic rings. The van der Waals surface area contributed by atoms with Crippen molar-refractivity contribution in [3.8, 4) is 0 Å². The summed E-state index contributed by atoms with van der Waals surface area (Å²) in [4.78, 5) is 16.3. The van der Waals surface area contributed by atoms with Crippen molar-refractivity contribution in [3.05, 3.63) is 52.6 Å². The summed E-state index contributed by atoms with van der Waals surface area (Å²) in [7, 11) is 0. The van der Waals surface area contributed by atoms with Crippen LogP contribution in [0.2, 0.25) is 0 Å². The molecule has 2 heterocycles. The van der Waals surface area contributed by atoms with Crippen molar-refractivity contribution in [2.24, 2.45) is 0 Å². The van der Waals surface area contributed by atoms with Gasteiger partial charge in [0.2, 0.25) is 0 Å². The van der Waals surface area contributed by atoms with Crippen molar-refractivity contribution >= 4 is 11.4 Å². The van der Waals surface area contributed by atoms with E-state index in [0.717, 1.165) is 18.9 Å². The highest BCUT2D eigenvalue weighted by molar-refractivity contribution is 5.65. The van der Waals surface area contributed by atoms with Gasteiger partial charge >= 0.3 is 6.18 Å². The lowest BCUT2D eigenvalue weighted by Crippen LogP contribution is -2.36. The number of rotatable bonds is 3. The first-order chi connectivity index (χ1) is 11.4. The third-order valence-electron chi connectivity index (χ3n) is 4.18. The number of hydrogen-bond acceptors (Lipinski definition) is 4. The summed E-state index contributed by atoms with van der Waals surface area (Å²) in [5.41, 5.74) is -1.31. The lowest BCUT2D eigenvalue weighted by atomic mass is 10.0. The SMILES string of the molecule is O=[N+]([O-])c1cc(C(F)(F)F)ccc1N1CCC[C@H](n2ccnc2)C1. The highest BCUT2D eigenvalue weighted by atomic mass is 19.4. The van der Waals surface area contributed by atoms with Crippen LogP contribution in [0.3, 0.4) is 0 Å². The van der Waals surface area contributed by atoms with E-state index in [2.05, 4.69) is 4.98 Å². The molecule has 24 heavy (non-hydrogen) atoms. The number of nitro groups is 1. The van der Waals surface area contributed by atoms with Crippen molar-refractivity contribution in [2.75, 3.05) is 18.0 Å². The Morgan fingerprint density at radius 3 is 2.75 bits per heavy atom. The molecule has 128 valence electrons. The third kappa shape index (κ3) is 3.19. The largest absolute Gasteiger partial charge is 0.416 e. The van der Waals surface area contributed by atoms with Crippen LogP contribution in [0.1, 0.15) is 24.4 Å². The van der Waals surface area contributed by atoms with Crippen molar-refractivity contribution in [1.82, 2.24) is 9.55 Å². The maximum absolute atomic E-state index is 12.8. The van der Waals surface area contributed by atoms with Crippen molar-refractivity contribution in [3.63, 3.8) is 0 Å². The summed E-state index contributed by atoms with van der Waals surface area (Å²) in [6.45, 7) is 1.06. The molecule has 1 aliphatic heterocycles. The first kappa shape index (κ1) is 16.3. The average molecular weight is 340 g/mol. The van der Waals surface area contributed by atoms with Gasteiger partial charge in [-0.15, -0.1) is 0 Å². The Balaban J connectivity index is 1.92. The van der Waals surface area contributed by atoms with E-state index < -0.39 is 22.4 Å². The third-order valence-corrected chi connectivity index (χ3v) is 4.18. The van der Waals surface area contributed by atoms with Crippen LogP contribution in [-0.2, 0) is 6.18 Å². The van der Waals surface area contributed by atoms with E-state index in [0.29, 0.717) is 19.2 Å². The van der Waals surface area contributed by atoms with Crippen LogP contribution in [0.4, 0.5) is 24.5 Å². The van der Waals surface area contributed by atoms with E-state index >= 15 is 0 Å². The van der Waals surface area contributed by atoms with E-state index in [1.54, 1.807) is 17.4 Å². The van der Waals surface area contributed by atoms with Crippen LogP contribution in [0.15, 0.2) is 36.9 Å². The normalized spacial score (nSPS) is 18.6. The molecule has 0 N–H and O–H groups in total. The predicted octanol–water partition coefficient (Wildman–Crippen LogP) is 3.65. The maximum atomic E-state index is 12.8. The fraction of sp³-hybridized carbons (Fsp3) is 0.400. The number of nitro benzene ring substituents is 1. The van der Waals surface area contributed by atoms with Gasteiger partial charge in [0, 0.05) is 31.5 Å². The number of anilines is 1. The van der Waals surface area contributed by atoms with Gasteiger partial charge < -0.3 is 9.47 Å². The molecule has 1 fully saturated rings. The van der Waals surface area contributed by atoms with E-state index in [4.69, 9.17) is 0 Å². The van der Waals surface area contributed by atoms with Crippen molar-refractivity contribution < 1.29 is 18.1 Å². The number of nitrogens with zero attached hydrogens (tertiary/aromatic N) is 4. The molecule has 0 saturated carbocycles. The predicted molar refractivity (Wildman–Crippen MR) is 80.8 cm³/mol. The molecule has 1 saturated heterocycles. The summed E-state index contributed by atoms with van der Waals surface area (Å²) in [5, 5.41) is 11.3. The van der Waals surface area contributed by atoms with Gasteiger partial charge in [0.15, 0.2) is 0 Å². The van der Waals surface area contributed by atoms with Crippen molar-refractivity contribution in [1.29, 1.82) is 0 Å². The lowest BCUT2D eigenvalue weighted by molar-refractivity contribution is -0.384. The lowest BCUT2D eigenvalue weighted by Gasteiger charge is -2.34. The Morgan fingerprint density at radius 2 is 2.12 bits per heavy atom. The molecule has 0 amide bonds. The molecule has 6 nitrogen and oxygen atoms in total. The quantitative estimate of drug-likeness (QED) is 0.632. The van der Waals surface area contributed by atoms with Gasteiger partial charge in [-0.3, -0.25) is 10.1 Å².